The molecule has 1 nitrogen and oxygen atoms in total. The van der Waals surface area contributed by atoms with Gasteiger partial charge in [0.15, 0.2) is 0 Å². The van der Waals surface area contributed by atoms with Crippen molar-refractivity contribution in [2.45, 2.75) is 25.3 Å². The smallest absolute Gasteiger partial charge is 0.137 e. The van der Waals surface area contributed by atoms with Crippen molar-refractivity contribution in [1.82, 2.24) is 5.32 Å². The summed E-state index contributed by atoms with van der Waals surface area (Å²) < 4.78 is 28.2. The highest BCUT2D eigenvalue weighted by Gasteiger charge is 2.25. The zero-order valence-electron chi connectivity index (χ0n) is 12.0. The van der Waals surface area contributed by atoms with Gasteiger partial charge in [0.25, 0.3) is 0 Å². The number of benzene rings is 2. The van der Waals surface area contributed by atoms with Crippen molar-refractivity contribution >= 4 is 15.9 Å². The molecule has 0 saturated heterocycles. The van der Waals surface area contributed by atoms with Gasteiger partial charge in [0.05, 0.1) is 4.47 Å². The summed E-state index contributed by atoms with van der Waals surface area (Å²) in [6, 6.07) is 12.1. The van der Waals surface area contributed by atoms with Crippen LogP contribution in [-0.2, 0) is 0 Å². The average Bonchev–Trinajstić information content (AvgIpc) is 2.50. The predicted molar refractivity (Wildman–Crippen MR) is 85.3 cm³/mol. The number of nitrogens with one attached hydrogen (secondary N) is 1. The van der Waals surface area contributed by atoms with E-state index in [4.69, 9.17) is 0 Å². The number of likely N-dealkylation sites (N-methyl/N-ethyl adjacent to an activating group) is 1. The highest BCUT2D eigenvalue weighted by Crippen LogP contribution is 2.35. The minimum absolute atomic E-state index is 0.0753. The van der Waals surface area contributed by atoms with Crippen molar-refractivity contribution < 1.29 is 8.78 Å². The molecule has 2 aromatic carbocycles. The van der Waals surface area contributed by atoms with Gasteiger partial charge in [0, 0.05) is 17.5 Å². The fourth-order valence-electron chi connectivity index (χ4n) is 2.71. The number of hydrogen-bond acceptors (Lipinski definition) is 1. The van der Waals surface area contributed by atoms with Crippen molar-refractivity contribution in [2.24, 2.45) is 0 Å². The molecular weight excluding hydrogens is 336 g/mol. The van der Waals surface area contributed by atoms with Gasteiger partial charge >= 0.3 is 0 Å². The number of halogens is 3. The lowest BCUT2D eigenvalue weighted by Gasteiger charge is -2.27. The minimum Gasteiger partial charge on any atom is -0.312 e. The van der Waals surface area contributed by atoms with E-state index in [0.717, 1.165) is 12.0 Å². The molecule has 0 fully saturated rings. The summed E-state index contributed by atoms with van der Waals surface area (Å²) in [4.78, 5) is 0. The lowest BCUT2D eigenvalue weighted by molar-refractivity contribution is 0.443. The Balaban J connectivity index is 2.45. The molecule has 0 aliphatic rings. The first-order valence-corrected chi connectivity index (χ1v) is 7.74. The molecule has 21 heavy (non-hydrogen) atoms. The van der Waals surface area contributed by atoms with Crippen LogP contribution in [0.2, 0.25) is 0 Å². The Kier molecular flexibility index (Phi) is 5.48. The van der Waals surface area contributed by atoms with Crippen LogP contribution in [0.5, 0.6) is 0 Å². The molecule has 0 aliphatic heterocycles. The van der Waals surface area contributed by atoms with Gasteiger partial charge in [-0.05, 0) is 47.1 Å². The quantitative estimate of drug-likeness (QED) is 0.730. The standard InChI is InChI=1S/C17H18BrF2N/c1-3-12(11-7-5-4-6-8-11)17(21-2)13-9-16(20)14(18)10-15(13)19/h4-10,12,17,21H,3H2,1-2H3. The van der Waals surface area contributed by atoms with Gasteiger partial charge in [-0.1, -0.05) is 37.3 Å². The van der Waals surface area contributed by atoms with Crippen LogP contribution >= 0.6 is 15.9 Å². The Bertz CT molecular complexity index is 601. The van der Waals surface area contributed by atoms with Crippen LogP contribution in [0.1, 0.15) is 36.4 Å². The van der Waals surface area contributed by atoms with Crippen molar-refractivity contribution in [3.8, 4) is 0 Å². The summed E-state index contributed by atoms with van der Waals surface area (Å²) in [6.45, 7) is 2.05. The molecule has 0 aliphatic carbocycles. The zero-order chi connectivity index (χ0) is 15.4. The Morgan fingerprint density at radius 2 is 1.76 bits per heavy atom. The lowest BCUT2D eigenvalue weighted by atomic mass is 9.85. The molecule has 0 saturated carbocycles. The molecular formula is C17H18BrF2N. The second kappa shape index (κ2) is 7.14. The SMILES string of the molecule is CCC(c1ccccc1)C(NC)c1cc(F)c(Br)cc1F. The second-order valence-corrected chi connectivity index (χ2v) is 5.83. The third-order valence-electron chi connectivity index (χ3n) is 3.76. The second-order valence-electron chi connectivity index (χ2n) is 4.98. The number of rotatable bonds is 5. The summed E-state index contributed by atoms with van der Waals surface area (Å²) >= 11 is 3.01. The first-order valence-electron chi connectivity index (χ1n) is 6.95. The van der Waals surface area contributed by atoms with E-state index >= 15 is 0 Å². The minimum atomic E-state index is -0.449. The van der Waals surface area contributed by atoms with E-state index in [1.807, 2.05) is 30.3 Å². The fourth-order valence-corrected chi connectivity index (χ4v) is 3.03. The van der Waals surface area contributed by atoms with E-state index in [1.54, 1.807) is 7.05 Å². The first-order chi connectivity index (χ1) is 10.1. The van der Waals surface area contributed by atoms with Crippen LogP contribution in [0.25, 0.3) is 0 Å². The van der Waals surface area contributed by atoms with E-state index in [-0.39, 0.29) is 16.4 Å². The zero-order valence-corrected chi connectivity index (χ0v) is 13.6. The van der Waals surface area contributed by atoms with E-state index in [9.17, 15) is 8.78 Å². The van der Waals surface area contributed by atoms with Gasteiger partial charge in [-0.15, -0.1) is 0 Å². The Hall–Kier alpha value is -1.26. The summed E-state index contributed by atoms with van der Waals surface area (Å²) in [5.74, 6) is -0.780. The highest BCUT2D eigenvalue weighted by molar-refractivity contribution is 9.10. The largest absolute Gasteiger partial charge is 0.312 e. The molecule has 0 amide bonds. The summed E-state index contributed by atoms with van der Waals surface area (Å²) in [7, 11) is 1.77. The van der Waals surface area contributed by atoms with Crippen molar-refractivity contribution in [3.05, 3.63) is 69.7 Å². The molecule has 4 heteroatoms. The normalized spacial score (nSPS) is 14.0. The topological polar surface area (TPSA) is 12.0 Å². The Morgan fingerprint density at radius 3 is 2.33 bits per heavy atom. The summed E-state index contributed by atoms with van der Waals surface area (Å²) in [6.07, 6.45) is 0.826. The van der Waals surface area contributed by atoms with Gasteiger partial charge in [-0.25, -0.2) is 8.78 Å². The van der Waals surface area contributed by atoms with E-state index in [2.05, 4.69) is 28.2 Å². The predicted octanol–water partition coefficient (Wildman–Crippen LogP) is 5.18. The lowest BCUT2D eigenvalue weighted by Crippen LogP contribution is -2.25. The molecule has 0 radical (unpaired) electrons. The van der Waals surface area contributed by atoms with Crippen LogP contribution in [0.15, 0.2) is 46.9 Å². The Labute approximate surface area is 132 Å². The van der Waals surface area contributed by atoms with Gasteiger partial charge in [0.2, 0.25) is 0 Å². The van der Waals surface area contributed by atoms with E-state index in [0.29, 0.717) is 5.56 Å². The number of hydrogen-bond donors (Lipinski definition) is 1. The summed E-state index contributed by atoms with van der Waals surface area (Å²) in [5.41, 5.74) is 1.47. The maximum atomic E-state index is 14.2. The van der Waals surface area contributed by atoms with E-state index < -0.39 is 11.6 Å². The van der Waals surface area contributed by atoms with Crippen LogP contribution in [0.4, 0.5) is 8.78 Å². The third-order valence-corrected chi connectivity index (χ3v) is 4.36. The van der Waals surface area contributed by atoms with Crippen LogP contribution < -0.4 is 5.32 Å². The van der Waals surface area contributed by atoms with Gasteiger partial charge in [-0.3, -0.25) is 0 Å². The molecule has 2 rings (SSSR count). The third kappa shape index (κ3) is 3.50. The molecule has 0 bridgehead atoms. The molecule has 2 atom stereocenters. The average molecular weight is 354 g/mol. The van der Waals surface area contributed by atoms with Gasteiger partial charge in [-0.2, -0.15) is 0 Å². The van der Waals surface area contributed by atoms with Crippen molar-refractivity contribution in [2.75, 3.05) is 7.05 Å². The monoisotopic (exact) mass is 353 g/mol. The van der Waals surface area contributed by atoms with Gasteiger partial charge < -0.3 is 5.32 Å². The van der Waals surface area contributed by atoms with Crippen LogP contribution in [0, 0.1) is 11.6 Å². The van der Waals surface area contributed by atoms with Crippen molar-refractivity contribution in [3.63, 3.8) is 0 Å². The molecule has 2 unspecified atom stereocenters. The fraction of sp³-hybridized carbons (Fsp3) is 0.294. The summed E-state index contributed by atoms with van der Waals surface area (Å²) in [5, 5.41) is 3.13. The van der Waals surface area contributed by atoms with Crippen LogP contribution in [-0.4, -0.2) is 7.05 Å². The molecule has 0 spiro atoms. The molecule has 0 heterocycles. The molecule has 0 aromatic heterocycles. The molecule has 112 valence electrons. The van der Waals surface area contributed by atoms with Crippen LogP contribution in [0.3, 0.4) is 0 Å². The maximum absolute atomic E-state index is 14.2. The highest BCUT2D eigenvalue weighted by atomic mass is 79.9. The Morgan fingerprint density at radius 1 is 1.10 bits per heavy atom. The molecule has 1 N–H and O–H groups in total. The first kappa shape index (κ1) is 16.1. The maximum Gasteiger partial charge on any atom is 0.137 e. The van der Waals surface area contributed by atoms with E-state index in [1.165, 1.54) is 12.1 Å². The molecule has 2 aromatic rings. The van der Waals surface area contributed by atoms with Gasteiger partial charge in [0.1, 0.15) is 11.6 Å². The van der Waals surface area contributed by atoms with Crippen molar-refractivity contribution in [1.29, 1.82) is 0 Å².